The quantitative estimate of drug-likeness (QED) is 0.395. The molecular formula is C22H19BrClNO4S. The molecule has 1 N–H and O–H groups in total. The molecule has 1 atom stereocenters. The zero-order valence-corrected chi connectivity index (χ0v) is 19.7. The summed E-state index contributed by atoms with van der Waals surface area (Å²) < 4.78 is 11.6. The van der Waals surface area contributed by atoms with Crippen molar-refractivity contribution in [2.75, 3.05) is 12.4 Å². The summed E-state index contributed by atoms with van der Waals surface area (Å²) in [6.45, 7) is 3.52. The number of carbonyl (C=O) groups excluding carboxylic acids is 2. The Balaban J connectivity index is 1.91. The van der Waals surface area contributed by atoms with Gasteiger partial charge in [-0.05, 0) is 49.7 Å². The van der Waals surface area contributed by atoms with Gasteiger partial charge in [0.2, 0.25) is 0 Å². The lowest BCUT2D eigenvalue weighted by atomic mass is 10.0. The molecule has 156 valence electrons. The third kappa shape index (κ3) is 5.03. The molecule has 0 fully saturated rings. The van der Waals surface area contributed by atoms with Crippen molar-refractivity contribution in [1.82, 2.24) is 0 Å². The second-order valence-electron chi connectivity index (χ2n) is 6.45. The van der Waals surface area contributed by atoms with Crippen molar-refractivity contribution in [1.29, 1.82) is 0 Å². The number of halogens is 2. The maximum atomic E-state index is 12.8. The second kappa shape index (κ2) is 9.64. The number of nitrogens with one attached hydrogen (secondary N) is 1. The Hall–Kier alpha value is -2.35. The fourth-order valence-corrected chi connectivity index (χ4v) is 4.57. The van der Waals surface area contributed by atoms with Crippen LogP contribution in [0.3, 0.4) is 0 Å². The molecule has 0 aliphatic heterocycles. The van der Waals surface area contributed by atoms with Gasteiger partial charge in [-0.3, -0.25) is 4.79 Å². The van der Waals surface area contributed by atoms with Crippen LogP contribution < -0.4 is 10.1 Å². The van der Waals surface area contributed by atoms with Crippen LogP contribution in [0.5, 0.6) is 5.75 Å². The maximum Gasteiger partial charge on any atom is 0.341 e. The molecule has 0 radical (unpaired) electrons. The van der Waals surface area contributed by atoms with Crippen LogP contribution in [0.1, 0.15) is 22.2 Å². The largest absolute Gasteiger partial charge is 0.481 e. The van der Waals surface area contributed by atoms with Crippen molar-refractivity contribution < 1.29 is 19.1 Å². The van der Waals surface area contributed by atoms with E-state index >= 15 is 0 Å². The number of esters is 1. The SMILES string of the molecule is COC(=O)c1c(NC(=O)C(C)Oc2cccc(Br)c2)sc(C)c1-c1cccc(Cl)c1. The van der Waals surface area contributed by atoms with Gasteiger partial charge in [-0.1, -0.05) is 45.7 Å². The van der Waals surface area contributed by atoms with Crippen LogP contribution in [0.4, 0.5) is 5.00 Å². The topological polar surface area (TPSA) is 64.6 Å². The number of carbonyl (C=O) groups is 2. The van der Waals surface area contributed by atoms with E-state index in [0.717, 1.165) is 14.9 Å². The molecule has 0 saturated carbocycles. The Bertz CT molecular complexity index is 1100. The van der Waals surface area contributed by atoms with Gasteiger partial charge in [-0.25, -0.2) is 4.79 Å². The molecule has 2 aromatic carbocycles. The number of anilines is 1. The van der Waals surface area contributed by atoms with E-state index in [2.05, 4.69) is 21.2 Å². The van der Waals surface area contributed by atoms with E-state index in [1.807, 2.05) is 31.2 Å². The summed E-state index contributed by atoms with van der Waals surface area (Å²) in [7, 11) is 1.31. The van der Waals surface area contributed by atoms with Crippen LogP contribution in [0.25, 0.3) is 11.1 Å². The number of hydrogen-bond donors (Lipinski definition) is 1. The van der Waals surface area contributed by atoms with Crippen LogP contribution >= 0.6 is 38.9 Å². The first-order valence-electron chi connectivity index (χ1n) is 9.01. The molecule has 1 amide bonds. The number of methoxy groups -OCH3 is 1. The lowest BCUT2D eigenvalue weighted by Gasteiger charge is -2.15. The van der Waals surface area contributed by atoms with Crippen molar-refractivity contribution in [2.24, 2.45) is 0 Å². The van der Waals surface area contributed by atoms with E-state index in [0.29, 0.717) is 26.9 Å². The van der Waals surface area contributed by atoms with Crippen LogP contribution in [0.2, 0.25) is 5.02 Å². The summed E-state index contributed by atoms with van der Waals surface area (Å²) in [5.74, 6) is -0.355. The Morgan fingerprint density at radius 1 is 1.17 bits per heavy atom. The second-order valence-corrected chi connectivity index (χ2v) is 9.02. The molecule has 8 heteroatoms. The highest BCUT2D eigenvalue weighted by atomic mass is 79.9. The number of hydrogen-bond acceptors (Lipinski definition) is 5. The standard InChI is InChI=1S/C22H19BrClNO4S/c1-12(29-17-9-5-7-15(23)11-17)20(26)25-21-19(22(27)28-3)18(13(2)30-21)14-6-4-8-16(24)10-14/h4-12H,1-3H3,(H,25,26). The average Bonchev–Trinajstić information content (AvgIpc) is 3.03. The van der Waals surface area contributed by atoms with Gasteiger partial charge in [0.05, 0.1) is 7.11 Å². The van der Waals surface area contributed by atoms with Crippen LogP contribution in [-0.4, -0.2) is 25.1 Å². The minimum Gasteiger partial charge on any atom is -0.481 e. The van der Waals surface area contributed by atoms with Gasteiger partial charge in [0, 0.05) is 19.9 Å². The zero-order chi connectivity index (χ0) is 21.8. The Kier molecular flexibility index (Phi) is 7.18. The summed E-state index contributed by atoms with van der Waals surface area (Å²) in [5, 5.41) is 3.77. The van der Waals surface area contributed by atoms with Crippen molar-refractivity contribution in [2.45, 2.75) is 20.0 Å². The van der Waals surface area contributed by atoms with Gasteiger partial charge < -0.3 is 14.8 Å². The number of benzene rings is 2. The van der Waals surface area contributed by atoms with Gasteiger partial charge >= 0.3 is 5.97 Å². The first kappa shape index (κ1) is 22.3. The average molecular weight is 509 g/mol. The molecule has 1 unspecified atom stereocenters. The van der Waals surface area contributed by atoms with E-state index in [1.54, 1.807) is 31.2 Å². The van der Waals surface area contributed by atoms with Gasteiger partial charge in [0.15, 0.2) is 6.10 Å². The third-order valence-electron chi connectivity index (χ3n) is 4.30. The van der Waals surface area contributed by atoms with E-state index < -0.39 is 12.1 Å². The fraction of sp³-hybridized carbons (Fsp3) is 0.182. The smallest absolute Gasteiger partial charge is 0.341 e. The van der Waals surface area contributed by atoms with Crippen LogP contribution in [0.15, 0.2) is 53.0 Å². The van der Waals surface area contributed by atoms with E-state index in [9.17, 15) is 9.59 Å². The predicted molar refractivity (Wildman–Crippen MR) is 124 cm³/mol. The number of aryl methyl sites for hydroxylation is 1. The lowest BCUT2D eigenvalue weighted by Crippen LogP contribution is -2.30. The van der Waals surface area contributed by atoms with Crippen molar-refractivity contribution in [3.63, 3.8) is 0 Å². The number of thiophene rings is 1. The van der Waals surface area contributed by atoms with E-state index in [-0.39, 0.29) is 5.91 Å². The Labute approximate surface area is 192 Å². The molecule has 5 nitrogen and oxygen atoms in total. The number of rotatable bonds is 6. The maximum absolute atomic E-state index is 12.8. The molecule has 3 rings (SSSR count). The highest BCUT2D eigenvalue weighted by Crippen LogP contribution is 2.41. The molecule has 0 saturated heterocycles. The molecule has 1 aromatic heterocycles. The molecule has 30 heavy (non-hydrogen) atoms. The first-order chi connectivity index (χ1) is 14.3. The molecule has 1 heterocycles. The normalized spacial score (nSPS) is 11.6. The van der Waals surface area contributed by atoms with E-state index in [4.69, 9.17) is 21.1 Å². The Morgan fingerprint density at radius 2 is 1.90 bits per heavy atom. The van der Waals surface area contributed by atoms with Crippen LogP contribution in [-0.2, 0) is 9.53 Å². The molecular weight excluding hydrogens is 490 g/mol. The Morgan fingerprint density at radius 3 is 2.57 bits per heavy atom. The summed E-state index contributed by atoms with van der Waals surface area (Å²) >= 11 is 10.8. The number of amides is 1. The van der Waals surface area contributed by atoms with Crippen molar-refractivity contribution in [3.8, 4) is 16.9 Å². The minimum atomic E-state index is -0.776. The molecule has 0 aliphatic carbocycles. The monoisotopic (exact) mass is 507 g/mol. The minimum absolute atomic E-state index is 0.297. The predicted octanol–water partition coefficient (Wildman–Crippen LogP) is 6.33. The van der Waals surface area contributed by atoms with E-state index in [1.165, 1.54) is 18.4 Å². The number of ether oxygens (including phenoxy) is 2. The highest BCUT2D eigenvalue weighted by Gasteiger charge is 2.26. The van der Waals surface area contributed by atoms with Gasteiger partial charge in [-0.15, -0.1) is 11.3 Å². The third-order valence-corrected chi connectivity index (χ3v) is 6.05. The lowest BCUT2D eigenvalue weighted by molar-refractivity contribution is -0.122. The molecule has 0 spiro atoms. The van der Waals surface area contributed by atoms with Gasteiger partial charge in [-0.2, -0.15) is 0 Å². The zero-order valence-electron chi connectivity index (χ0n) is 16.5. The van der Waals surface area contributed by atoms with Crippen molar-refractivity contribution in [3.05, 3.63) is 68.5 Å². The van der Waals surface area contributed by atoms with Gasteiger partial charge in [0.1, 0.15) is 16.3 Å². The highest BCUT2D eigenvalue weighted by molar-refractivity contribution is 9.10. The van der Waals surface area contributed by atoms with Gasteiger partial charge in [0.25, 0.3) is 5.91 Å². The molecule has 3 aromatic rings. The summed E-state index contributed by atoms with van der Waals surface area (Å²) in [6.07, 6.45) is -0.776. The fourth-order valence-electron chi connectivity index (χ4n) is 2.93. The summed E-state index contributed by atoms with van der Waals surface area (Å²) in [4.78, 5) is 26.2. The summed E-state index contributed by atoms with van der Waals surface area (Å²) in [6, 6.07) is 14.4. The first-order valence-corrected chi connectivity index (χ1v) is 11.0. The summed E-state index contributed by atoms with van der Waals surface area (Å²) in [5.41, 5.74) is 1.76. The van der Waals surface area contributed by atoms with Crippen LogP contribution in [0, 0.1) is 6.92 Å². The van der Waals surface area contributed by atoms with Crippen molar-refractivity contribution >= 4 is 55.7 Å². The molecule has 0 aliphatic rings. The molecule has 0 bridgehead atoms.